The Balaban J connectivity index is 1.94. The third-order valence-corrected chi connectivity index (χ3v) is 4.12. The quantitative estimate of drug-likeness (QED) is 0.486. The van der Waals surface area contributed by atoms with Crippen molar-refractivity contribution in [1.82, 2.24) is 39.9 Å². The zero-order chi connectivity index (χ0) is 19.2. The normalized spacial score (nSPS) is 11.2. The van der Waals surface area contributed by atoms with Crippen molar-refractivity contribution in [1.29, 1.82) is 0 Å². The molecule has 3 rings (SSSR count). The van der Waals surface area contributed by atoms with Crippen LogP contribution in [0.25, 0.3) is 11.2 Å². The minimum absolute atomic E-state index is 0.128. The SMILES string of the molecule is CNCCCNCc1nnc2c(n1)c(=O)n(C)c(=O)n2Cc1cccnc1. The average molecular weight is 370 g/mol. The van der Waals surface area contributed by atoms with E-state index in [1.165, 1.54) is 11.6 Å². The summed E-state index contributed by atoms with van der Waals surface area (Å²) in [6.07, 6.45) is 4.28. The molecule has 10 heteroatoms. The molecule has 0 saturated heterocycles. The molecule has 0 aliphatic carbocycles. The number of pyridine rings is 1. The molecule has 0 radical (unpaired) electrons. The fourth-order valence-electron chi connectivity index (χ4n) is 2.68. The smallest absolute Gasteiger partial charge is 0.320 e. The van der Waals surface area contributed by atoms with Gasteiger partial charge in [0.25, 0.3) is 5.56 Å². The molecule has 0 spiro atoms. The van der Waals surface area contributed by atoms with Gasteiger partial charge in [0.05, 0.1) is 13.1 Å². The highest BCUT2D eigenvalue weighted by Crippen LogP contribution is 2.05. The number of nitrogens with one attached hydrogen (secondary N) is 2. The molecule has 0 unspecified atom stereocenters. The largest absolute Gasteiger partial charge is 0.332 e. The van der Waals surface area contributed by atoms with E-state index in [1.807, 2.05) is 13.1 Å². The van der Waals surface area contributed by atoms with Gasteiger partial charge in [-0.25, -0.2) is 9.78 Å². The van der Waals surface area contributed by atoms with Gasteiger partial charge in [-0.3, -0.25) is 18.9 Å². The molecular weight excluding hydrogens is 348 g/mol. The Bertz CT molecular complexity index is 1030. The molecule has 0 aliphatic rings. The van der Waals surface area contributed by atoms with E-state index >= 15 is 0 Å². The Labute approximate surface area is 155 Å². The van der Waals surface area contributed by atoms with Crippen molar-refractivity contribution >= 4 is 11.2 Å². The van der Waals surface area contributed by atoms with Crippen molar-refractivity contribution in [3.8, 4) is 0 Å². The molecule has 3 aromatic heterocycles. The van der Waals surface area contributed by atoms with Gasteiger partial charge in [-0.15, -0.1) is 10.2 Å². The predicted octanol–water partition coefficient (Wildman–Crippen LogP) is -0.972. The number of hydrogen-bond acceptors (Lipinski definition) is 8. The summed E-state index contributed by atoms with van der Waals surface area (Å²) in [5.74, 6) is 0.413. The van der Waals surface area contributed by atoms with Gasteiger partial charge in [0, 0.05) is 19.4 Å². The van der Waals surface area contributed by atoms with Gasteiger partial charge in [-0.2, -0.15) is 0 Å². The average Bonchev–Trinajstić information content (AvgIpc) is 2.70. The van der Waals surface area contributed by atoms with Crippen LogP contribution in [0, 0.1) is 0 Å². The summed E-state index contributed by atoms with van der Waals surface area (Å²) >= 11 is 0. The lowest BCUT2D eigenvalue weighted by molar-refractivity contribution is 0.602. The Morgan fingerprint density at radius 2 is 2.04 bits per heavy atom. The first kappa shape index (κ1) is 18.8. The van der Waals surface area contributed by atoms with Crippen LogP contribution in [0.4, 0.5) is 0 Å². The molecular formula is C17H22N8O2. The fraction of sp³-hybridized carbons (Fsp3) is 0.412. The second kappa shape index (κ2) is 8.60. The summed E-state index contributed by atoms with van der Waals surface area (Å²) in [4.78, 5) is 33.4. The molecule has 0 aliphatic heterocycles. The Morgan fingerprint density at radius 1 is 1.19 bits per heavy atom. The van der Waals surface area contributed by atoms with E-state index in [4.69, 9.17) is 0 Å². The van der Waals surface area contributed by atoms with E-state index in [0.717, 1.165) is 29.6 Å². The van der Waals surface area contributed by atoms with Crippen molar-refractivity contribution in [3.63, 3.8) is 0 Å². The zero-order valence-electron chi connectivity index (χ0n) is 15.3. The predicted molar refractivity (Wildman–Crippen MR) is 100 cm³/mol. The molecule has 0 bridgehead atoms. The molecule has 0 aromatic carbocycles. The van der Waals surface area contributed by atoms with Gasteiger partial charge in [0.2, 0.25) is 0 Å². The van der Waals surface area contributed by atoms with Gasteiger partial charge in [0.1, 0.15) is 0 Å². The van der Waals surface area contributed by atoms with Crippen molar-refractivity contribution in [3.05, 3.63) is 56.8 Å². The first-order chi connectivity index (χ1) is 13.1. The minimum Gasteiger partial charge on any atom is -0.320 e. The monoisotopic (exact) mass is 370 g/mol. The van der Waals surface area contributed by atoms with Gasteiger partial charge < -0.3 is 10.6 Å². The number of fused-ring (bicyclic) bond motifs is 1. The number of hydrogen-bond donors (Lipinski definition) is 2. The molecule has 2 N–H and O–H groups in total. The van der Waals surface area contributed by atoms with E-state index in [0.29, 0.717) is 12.4 Å². The van der Waals surface area contributed by atoms with Crippen LogP contribution < -0.4 is 21.9 Å². The standard InChI is InChI=1S/C17H22N8O2/c1-18-6-4-8-20-10-13-21-14-15(23-22-13)25(17(27)24(2)16(14)26)11-12-5-3-7-19-9-12/h3,5,7,9,18,20H,4,6,8,10-11H2,1-2H3. The lowest BCUT2D eigenvalue weighted by atomic mass is 10.3. The molecule has 0 fully saturated rings. The van der Waals surface area contributed by atoms with Gasteiger partial charge in [-0.05, 0) is 38.2 Å². The molecule has 3 heterocycles. The summed E-state index contributed by atoms with van der Waals surface area (Å²) < 4.78 is 2.43. The van der Waals surface area contributed by atoms with Crippen molar-refractivity contribution < 1.29 is 0 Å². The maximum Gasteiger partial charge on any atom is 0.332 e. The van der Waals surface area contributed by atoms with E-state index in [-0.39, 0.29) is 17.7 Å². The van der Waals surface area contributed by atoms with E-state index in [2.05, 4.69) is 30.8 Å². The number of aromatic nitrogens is 6. The molecule has 10 nitrogen and oxygen atoms in total. The van der Waals surface area contributed by atoms with Gasteiger partial charge in [-0.1, -0.05) is 6.07 Å². The second-order valence-corrected chi connectivity index (χ2v) is 6.13. The van der Waals surface area contributed by atoms with E-state index in [1.54, 1.807) is 18.5 Å². The van der Waals surface area contributed by atoms with Crippen LogP contribution in [0.3, 0.4) is 0 Å². The van der Waals surface area contributed by atoms with Crippen molar-refractivity contribution in [2.24, 2.45) is 7.05 Å². The van der Waals surface area contributed by atoms with Crippen LogP contribution in [0.1, 0.15) is 17.8 Å². The molecule has 27 heavy (non-hydrogen) atoms. The van der Waals surface area contributed by atoms with Crippen LogP contribution in [0.15, 0.2) is 34.1 Å². The van der Waals surface area contributed by atoms with E-state index < -0.39 is 11.2 Å². The van der Waals surface area contributed by atoms with Gasteiger partial charge >= 0.3 is 5.69 Å². The lowest BCUT2D eigenvalue weighted by Gasteiger charge is -2.11. The summed E-state index contributed by atoms with van der Waals surface area (Å²) in [5.41, 5.74) is 0.166. The summed E-state index contributed by atoms with van der Waals surface area (Å²) in [7, 11) is 3.33. The Hall–Kier alpha value is -2.98. The van der Waals surface area contributed by atoms with Crippen LogP contribution in [0.5, 0.6) is 0 Å². The van der Waals surface area contributed by atoms with Crippen LogP contribution in [-0.2, 0) is 20.1 Å². The highest BCUT2D eigenvalue weighted by Gasteiger charge is 2.15. The van der Waals surface area contributed by atoms with Gasteiger partial charge in [0.15, 0.2) is 17.0 Å². The third kappa shape index (κ3) is 4.23. The molecule has 0 saturated carbocycles. The maximum atomic E-state index is 12.6. The minimum atomic E-state index is -0.483. The fourth-order valence-corrected chi connectivity index (χ4v) is 2.68. The molecule has 3 aromatic rings. The third-order valence-electron chi connectivity index (χ3n) is 4.12. The number of rotatable bonds is 8. The van der Waals surface area contributed by atoms with Crippen molar-refractivity contribution in [2.45, 2.75) is 19.5 Å². The van der Waals surface area contributed by atoms with Crippen LogP contribution in [0.2, 0.25) is 0 Å². The topological polar surface area (TPSA) is 120 Å². The molecule has 0 atom stereocenters. The summed E-state index contributed by atoms with van der Waals surface area (Å²) in [6, 6.07) is 3.63. The Kier molecular flexibility index (Phi) is 5.99. The molecule has 142 valence electrons. The number of nitrogens with zero attached hydrogens (tertiary/aromatic N) is 6. The van der Waals surface area contributed by atoms with Crippen LogP contribution in [-0.4, -0.2) is 49.4 Å². The maximum absolute atomic E-state index is 12.6. The highest BCUT2D eigenvalue weighted by atomic mass is 16.2. The second-order valence-electron chi connectivity index (χ2n) is 6.13. The lowest BCUT2D eigenvalue weighted by Crippen LogP contribution is -2.39. The van der Waals surface area contributed by atoms with E-state index in [9.17, 15) is 9.59 Å². The first-order valence-electron chi connectivity index (χ1n) is 8.69. The molecule has 0 amide bonds. The summed E-state index contributed by atoms with van der Waals surface area (Å²) in [5, 5.41) is 14.5. The first-order valence-corrected chi connectivity index (χ1v) is 8.69. The van der Waals surface area contributed by atoms with Crippen molar-refractivity contribution in [2.75, 3.05) is 20.1 Å². The highest BCUT2D eigenvalue weighted by molar-refractivity contribution is 5.68. The summed E-state index contributed by atoms with van der Waals surface area (Å²) in [6.45, 7) is 2.33. The zero-order valence-corrected chi connectivity index (χ0v) is 15.3. The Morgan fingerprint density at radius 3 is 2.78 bits per heavy atom. The van der Waals surface area contributed by atoms with Crippen LogP contribution >= 0.6 is 0 Å².